The minimum Gasteiger partial charge on any atom is -0.350 e. The van der Waals surface area contributed by atoms with Gasteiger partial charge in [-0.25, -0.2) is 0 Å². The summed E-state index contributed by atoms with van der Waals surface area (Å²) in [5.41, 5.74) is 1.92. The predicted molar refractivity (Wildman–Crippen MR) is 99.0 cm³/mol. The molecule has 0 radical (unpaired) electrons. The van der Waals surface area contributed by atoms with Crippen LogP contribution in [-0.4, -0.2) is 26.1 Å². The highest BCUT2D eigenvalue weighted by Crippen LogP contribution is 2.15. The molecule has 0 atom stereocenters. The van der Waals surface area contributed by atoms with Crippen molar-refractivity contribution in [2.24, 2.45) is 0 Å². The average molecular weight is 343 g/mol. The van der Waals surface area contributed by atoms with Crippen LogP contribution in [0, 0.1) is 0 Å². The Hall–Kier alpha value is -3.54. The number of amides is 1. The molecule has 0 aliphatic heterocycles. The highest BCUT2D eigenvalue weighted by atomic mass is 16.2. The molecule has 128 valence electrons. The zero-order chi connectivity index (χ0) is 17.8. The van der Waals surface area contributed by atoms with Crippen LogP contribution in [0.4, 0.5) is 0 Å². The lowest BCUT2D eigenvalue weighted by Gasteiger charge is -2.06. The molecular formula is C20H17N5O. The van der Waals surface area contributed by atoms with Crippen molar-refractivity contribution in [1.82, 2.24) is 25.5 Å². The summed E-state index contributed by atoms with van der Waals surface area (Å²) in [5.74, 6) is 0.350. The van der Waals surface area contributed by atoms with Crippen LogP contribution in [0.25, 0.3) is 22.2 Å². The summed E-state index contributed by atoms with van der Waals surface area (Å²) in [5, 5.41) is 17.4. The molecular weight excluding hydrogens is 326 g/mol. The smallest absolute Gasteiger partial charge is 0.243 e. The van der Waals surface area contributed by atoms with Gasteiger partial charge in [-0.2, -0.15) is 4.80 Å². The standard InChI is InChI=1S/C20H17N5O/c26-19(14-25-23-20(22-24-25)17-7-2-1-3-8-17)21-13-15-10-11-16-6-4-5-9-18(16)12-15/h1-12H,13-14H2,(H,21,26). The second kappa shape index (κ2) is 7.14. The van der Waals surface area contributed by atoms with Gasteiger partial charge >= 0.3 is 0 Å². The summed E-state index contributed by atoms with van der Waals surface area (Å²) in [6.07, 6.45) is 0. The van der Waals surface area contributed by atoms with E-state index in [1.54, 1.807) is 0 Å². The molecule has 6 heteroatoms. The Morgan fingerprint density at radius 3 is 2.54 bits per heavy atom. The fraction of sp³-hybridized carbons (Fsp3) is 0.100. The molecule has 4 aromatic rings. The Balaban J connectivity index is 1.37. The topological polar surface area (TPSA) is 72.7 Å². The van der Waals surface area contributed by atoms with Crippen molar-refractivity contribution in [2.75, 3.05) is 0 Å². The van der Waals surface area contributed by atoms with Gasteiger partial charge < -0.3 is 5.32 Å². The molecule has 0 unspecified atom stereocenters. The van der Waals surface area contributed by atoms with Gasteiger partial charge in [0.1, 0.15) is 6.54 Å². The van der Waals surface area contributed by atoms with Crippen LogP contribution in [0.3, 0.4) is 0 Å². The van der Waals surface area contributed by atoms with E-state index >= 15 is 0 Å². The molecule has 0 aliphatic rings. The summed E-state index contributed by atoms with van der Waals surface area (Å²) in [6.45, 7) is 0.497. The Bertz CT molecular complexity index is 1040. The molecule has 0 saturated carbocycles. The maximum absolute atomic E-state index is 12.2. The molecule has 0 spiro atoms. The Morgan fingerprint density at radius 1 is 0.923 bits per heavy atom. The van der Waals surface area contributed by atoms with Gasteiger partial charge in [-0.1, -0.05) is 66.7 Å². The number of aromatic nitrogens is 4. The molecule has 0 saturated heterocycles. The first kappa shape index (κ1) is 16.0. The number of carbonyl (C=O) groups is 1. The molecule has 1 heterocycles. The van der Waals surface area contributed by atoms with Crippen molar-refractivity contribution in [3.8, 4) is 11.4 Å². The number of tetrazole rings is 1. The predicted octanol–water partition coefficient (Wildman–Crippen LogP) is 2.81. The highest BCUT2D eigenvalue weighted by Gasteiger charge is 2.09. The van der Waals surface area contributed by atoms with Gasteiger partial charge in [-0.15, -0.1) is 10.2 Å². The lowest BCUT2D eigenvalue weighted by molar-refractivity contribution is -0.122. The lowest BCUT2D eigenvalue weighted by Crippen LogP contribution is -2.28. The molecule has 0 bridgehead atoms. The van der Waals surface area contributed by atoms with Crippen molar-refractivity contribution in [1.29, 1.82) is 0 Å². The lowest BCUT2D eigenvalue weighted by atomic mass is 10.1. The Kier molecular flexibility index (Phi) is 4.38. The van der Waals surface area contributed by atoms with Crippen molar-refractivity contribution in [3.05, 3.63) is 78.4 Å². The van der Waals surface area contributed by atoms with E-state index < -0.39 is 0 Å². The second-order valence-electron chi connectivity index (χ2n) is 5.97. The summed E-state index contributed by atoms with van der Waals surface area (Å²) in [6, 6.07) is 23.9. The van der Waals surface area contributed by atoms with Crippen LogP contribution in [0.5, 0.6) is 0 Å². The first-order chi connectivity index (χ1) is 12.8. The van der Waals surface area contributed by atoms with Crippen LogP contribution in [0.1, 0.15) is 5.56 Å². The van der Waals surface area contributed by atoms with E-state index in [1.165, 1.54) is 10.2 Å². The number of benzene rings is 3. The fourth-order valence-electron chi connectivity index (χ4n) is 2.75. The monoisotopic (exact) mass is 343 g/mol. The zero-order valence-corrected chi connectivity index (χ0v) is 14.0. The minimum absolute atomic E-state index is 0.0351. The van der Waals surface area contributed by atoms with Crippen molar-refractivity contribution >= 4 is 16.7 Å². The first-order valence-electron chi connectivity index (χ1n) is 8.35. The van der Waals surface area contributed by atoms with Gasteiger partial charge in [-0.3, -0.25) is 4.79 Å². The maximum atomic E-state index is 12.2. The molecule has 3 aromatic carbocycles. The van der Waals surface area contributed by atoms with Crippen LogP contribution >= 0.6 is 0 Å². The van der Waals surface area contributed by atoms with Crippen LogP contribution in [0.2, 0.25) is 0 Å². The van der Waals surface area contributed by atoms with Gasteiger partial charge in [0.25, 0.3) is 0 Å². The highest BCUT2D eigenvalue weighted by molar-refractivity contribution is 5.83. The molecule has 0 fully saturated rings. The summed E-state index contributed by atoms with van der Waals surface area (Å²) < 4.78 is 0. The minimum atomic E-state index is -0.157. The first-order valence-corrected chi connectivity index (χ1v) is 8.35. The molecule has 0 aliphatic carbocycles. The number of carbonyl (C=O) groups excluding carboxylic acids is 1. The average Bonchev–Trinajstić information content (AvgIpc) is 3.15. The van der Waals surface area contributed by atoms with E-state index in [9.17, 15) is 4.79 Å². The number of nitrogens with one attached hydrogen (secondary N) is 1. The zero-order valence-electron chi connectivity index (χ0n) is 14.0. The summed E-state index contributed by atoms with van der Waals surface area (Å²) in [4.78, 5) is 13.5. The maximum Gasteiger partial charge on any atom is 0.243 e. The molecule has 6 nitrogen and oxygen atoms in total. The molecule has 1 N–H and O–H groups in total. The molecule has 1 amide bonds. The third-order valence-corrected chi connectivity index (χ3v) is 4.07. The van der Waals surface area contributed by atoms with Gasteiger partial charge in [-0.05, 0) is 27.6 Å². The number of nitrogens with zero attached hydrogens (tertiary/aromatic N) is 4. The Labute approximate surface area is 150 Å². The quantitative estimate of drug-likeness (QED) is 0.605. The van der Waals surface area contributed by atoms with Crippen molar-refractivity contribution in [2.45, 2.75) is 13.1 Å². The summed E-state index contributed by atoms with van der Waals surface area (Å²) in [7, 11) is 0. The van der Waals surface area contributed by atoms with Crippen LogP contribution < -0.4 is 5.32 Å². The van der Waals surface area contributed by atoms with E-state index in [0.717, 1.165) is 16.5 Å². The summed E-state index contributed by atoms with van der Waals surface area (Å²) >= 11 is 0. The third-order valence-electron chi connectivity index (χ3n) is 4.07. The van der Waals surface area contributed by atoms with Gasteiger partial charge in [0.2, 0.25) is 11.7 Å². The van der Waals surface area contributed by atoms with Gasteiger partial charge in [0, 0.05) is 12.1 Å². The Morgan fingerprint density at radius 2 is 1.69 bits per heavy atom. The van der Waals surface area contributed by atoms with Gasteiger partial charge in [0.15, 0.2) is 0 Å². The van der Waals surface area contributed by atoms with E-state index in [4.69, 9.17) is 0 Å². The van der Waals surface area contributed by atoms with Crippen molar-refractivity contribution < 1.29 is 4.79 Å². The second-order valence-corrected chi connectivity index (χ2v) is 5.97. The normalized spacial score (nSPS) is 10.8. The van der Waals surface area contributed by atoms with E-state index in [-0.39, 0.29) is 12.5 Å². The largest absolute Gasteiger partial charge is 0.350 e. The third kappa shape index (κ3) is 3.59. The number of rotatable bonds is 5. The van der Waals surface area contributed by atoms with Gasteiger partial charge in [0.05, 0.1) is 0 Å². The fourth-order valence-corrected chi connectivity index (χ4v) is 2.75. The van der Waals surface area contributed by atoms with E-state index in [0.29, 0.717) is 12.4 Å². The SMILES string of the molecule is O=C(Cn1nnc(-c2ccccc2)n1)NCc1ccc2ccccc2c1. The molecule has 26 heavy (non-hydrogen) atoms. The molecule has 1 aromatic heterocycles. The molecule has 4 rings (SSSR count). The van der Waals surface area contributed by atoms with Crippen LogP contribution in [-0.2, 0) is 17.9 Å². The van der Waals surface area contributed by atoms with Crippen LogP contribution in [0.15, 0.2) is 72.8 Å². The van der Waals surface area contributed by atoms with E-state index in [2.05, 4.69) is 45.0 Å². The number of hydrogen-bond donors (Lipinski definition) is 1. The number of hydrogen-bond acceptors (Lipinski definition) is 4. The van der Waals surface area contributed by atoms with Crippen molar-refractivity contribution in [3.63, 3.8) is 0 Å². The number of fused-ring (bicyclic) bond motifs is 1. The van der Waals surface area contributed by atoms with E-state index in [1.807, 2.05) is 48.5 Å².